The molecule has 0 saturated heterocycles. The molecule has 0 aliphatic carbocycles. The molecule has 0 fully saturated rings. The van der Waals surface area contributed by atoms with Gasteiger partial charge in [0.15, 0.2) is 0 Å². The summed E-state index contributed by atoms with van der Waals surface area (Å²) in [5.41, 5.74) is 7.39. The van der Waals surface area contributed by atoms with Gasteiger partial charge in [-0.05, 0) is 19.1 Å². The van der Waals surface area contributed by atoms with Crippen LogP contribution in [0.3, 0.4) is 0 Å². The van der Waals surface area contributed by atoms with E-state index in [-0.39, 0.29) is 6.04 Å². The normalized spacial score (nSPS) is 12.4. The molecular weight excluding hydrogens is 204 g/mol. The summed E-state index contributed by atoms with van der Waals surface area (Å²) >= 11 is 0. The zero-order valence-corrected chi connectivity index (χ0v) is 9.29. The predicted octanol–water partition coefficient (Wildman–Crippen LogP) is 1.30. The van der Waals surface area contributed by atoms with Crippen molar-refractivity contribution in [3.8, 4) is 11.4 Å². The van der Waals surface area contributed by atoms with Crippen LogP contribution in [0.5, 0.6) is 5.75 Å². The molecule has 0 aliphatic heterocycles. The first-order valence-electron chi connectivity index (χ1n) is 5.03. The molecule has 0 spiro atoms. The molecule has 1 atom stereocenters. The second kappa shape index (κ2) is 4.32. The molecule has 0 amide bonds. The van der Waals surface area contributed by atoms with Crippen LogP contribution < -0.4 is 10.5 Å². The molecule has 1 heterocycles. The van der Waals surface area contributed by atoms with E-state index in [1.807, 2.05) is 37.4 Å². The second-order valence-electron chi connectivity index (χ2n) is 3.58. The number of benzene rings is 1. The summed E-state index contributed by atoms with van der Waals surface area (Å²) in [5, 5.41) is 8.01. The summed E-state index contributed by atoms with van der Waals surface area (Å²) in [5.74, 6) is 0.787. The van der Waals surface area contributed by atoms with E-state index in [9.17, 15) is 0 Å². The third kappa shape index (κ3) is 2.04. The highest BCUT2D eigenvalue weighted by molar-refractivity contribution is 5.38. The molecular formula is C11H14N4O. The van der Waals surface area contributed by atoms with Gasteiger partial charge in [-0.15, -0.1) is 5.10 Å². The average molecular weight is 218 g/mol. The van der Waals surface area contributed by atoms with Crippen LogP contribution in [0.15, 0.2) is 30.5 Å². The lowest BCUT2D eigenvalue weighted by molar-refractivity contribution is 0.414. The van der Waals surface area contributed by atoms with Gasteiger partial charge < -0.3 is 10.5 Å². The monoisotopic (exact) mass is 218 g/mol. The van der Waals surface area contributed by atoms with Crippen LogP contribution in [0.4, 0.5) is 0 Å². The first-order chi connectivity index (χ1) is 7.70. The lowest BCUT2D eigenvalue weighted by Crippen LogP contribution is -2.04. The Morgan fingerprint density at radius 2 is 2.25 bits per heavy atom. The van der Waals surface area contributed by atoms with E-state index in [4.69, 9.17) is 10.5 Å². The molecule has 0 saturated carbocycles. The van der Waals surface area contributed by atoms with Crippen molar-refractivity contribution in [1.82, 2.24) is 15.0 Å². The van der Waals surface area contributed by atoms with Gasteiger partial charge >= 0.3 is 0 Å². The first-order valence-corrected chi connectivity index (χ1v) is 5.03. The summed E-state index contributed by atoms with van der Waals surface area (Å²) in [6, 6.07) is 7.50. The third-order valence-electron chi connectivity index (χ3n) is 2.30. The molecule has 5 nitrogen and oxygen atoms in total. The van der Waals surface area contributed by atoms with E-state index >= 15 is 0 Å². The van der Waals surface area contributed by atoms with E-state index in [0.29, 0.717) is 0 Å². The highest BCUT2D eigenvalue weighted by Crippen LogP contribution is 2.16. The number of nitrogens with two attached hydrogens (primary N) is 1. The maximum Gasteiger partial charge on any atom is 0.121 e. The Kier molecular flexibility index (Phi) is 2.87. The molecule has 1 aromatic heterocycles. The Balaban J connectivity index is 2.34. The van der Waals surface area contributed by atoms with Gasteiger partial charge in [-0.2, -0.15) is 0 Å². The lowest BCUT2D eigenvalue weighted by atomic mass is 10.3. The van der Waals surface area contributed by atoms with Crippen LogP contribution in [0.1, 0.15) is 18.7 Å². The predicted molar refractivity (Wildman–Crippen MR) is 60.5 cm³/mol. The van der Waals surface area contributed by atoms with E-state index in [1.54, 1.807) is 11.8 Å². The van der Waals surface area contributed by atoms with Gasteiger partial charge in [-0.25, -0.2) is 4.68 Å². The number of methoxy groups -OCH3 is 1. The van der Waals surface area contributed by atoms with Crippen LogP contribution in [0.2, 0.25) is 0 Å². The number of hydrogen-bond acceptors (Lipinski definition) is 4. The van der Waals surface area contributed by atoms with Crippen LogP contribution in [-0.2, 0) is 0 Å². The molecule has 2 aromatic rings. The van der Waals surface area contributed by atoms with Crippen molar-refractivity contribution < 1.29 is 4.74 Å². The third-order valence-corrected chi connectivity index (χ3v) is 2.30. The number of aromatic nitrogens is 3. The lowest BCUT2D eigenvalue weighted by Gasteiger charge is -2.03. The van der Waals surface area contributed by atoms with Crippen molar-refractivity contribution >= 4 is 0 Å². The van der Waals surface area contributed by atoms with Crippen molar-refractivity contribution in [2.75, 3.05) is 7.11 Å². The van der Waals surface area contributed by atoms with Gasteiger partial charge in [-0.1, -0.05) is 11.3 Å². The molecule has 16 heavy (non-hydrogen) atoms. The van der Waals surface area contributed by atoms with Crippen LogP contribution in [0.25, 0.3) is 5.69 Å². The van der Waals surface area contributed by atoms with Crippen molar-refractivity contribution in [3.63, 3.8) is 0 Å². The topological polar surface area (TPSA) is 66.0 Å². The highest BCUT2D eigenvalue weighted by atomic mass is 16.5. The summed E-state index contributed by atoms with van der Waals surface area (Å²) < 4.78 is 6.83. The van der Waals surface area contributed by atoms with Gasteiger partial charge in [0.2, 0.25) is 0 Å². The summed E-state index contributed by atoms with van der Waals surface area (Å²) in [6.07, 6.45) is 1.82. The van der Waals surface area contributed by atoms with Crippen LogP contribution in [-0.4, -0.2) is 22.1 Å². The van der Waals surface area contributed by atoms with E-state index < -0.39 is 0 Å². The van der Waals surface area contributed by atoms with Crippen molar-refractivity contribution in [2.45, 2.75) is 13.0 Å². The van der Waals surface area contributed by atoms with Crippen molar-refractivity contribution in [1.29, 1.82) is 0 Å². The second-order valence-corrected chi connectivity index (χ2v) is 3.58. The van der Waals surface area contributed by atoms with Gasteiger partial charge in [0.1, 0.15) is 5.75 Å². The molecule has 0 radical (unpaired) electrons. The molecule has 1 unspecified atom stereocenters. The quantitative estimate of drug-likeness (QED) is 0.843. The van der Waals surface area contributed by atoms with Crippen LogP contribution >= 0.6 is 0 Å². The van der Waals surface area contributed by atoms with Crippen LogP contribution in [0, 0.1) is 0 Å². The SMILES string of the molecule is COc1cccc(-n2cc(C(C)N)nn2)c1. The molecule has 84 valence electrons. The zero-order chi connectivity index (χ0) is 11.5. The fraction of sp³-hybridized carbons (Fsp3) is 0.273. The Hall–Kier alpha value is -1.88. The minimum atomic E-state index is -0.112. The molecule has 2 N–H and O–H groups in total. The Morgan fingerprint density at radius 3 is 2.88 bits per heavy atom. The van der Waals surface area contributed by atoms with E-state index in [1.165, 1.54) is 0 Å². The smallest absolute Gasteiger partial charge is 0.121 e. The molecule has 0 aliphatic rings. The fourth-order valence-electron chi connectivity index (χ4n) is 1.36. The average Bonchev–Trinajstić information content (AvgIpc) is 2.78. The Labute approximate surface area is 93.8 Å². The molecule has 2 rings (SSSR count). The number of ether oxygens (including phenoxy) is 1. The number of rotatable bonds is 3. The first kappa shape index (κ1) is 10.6. The maximum absolute atomic E-state index is 5.72. The van der Waals surface area contributed by atoms with E-state index in [0.717, 1.165) is 17.1 Å². The van der Waals surface area contributed by atoms with Crippen molar-refractivity contribution in [2.24, 2.45) is 5.73 Å². The zero-order valence-electron chi connectivity index (χ0n) is 9.29. The molecule has 5 heteroatoms. The molecule has 1 aromatic carbocycles. The largest absolute Gasteiger partial charge is 0.497 e. The highest BCUT2D eigenvalue weighted by Gasteiger charge is 2.06. The summed E-state index contributed by atoms with van der Waals surface area (Å²) in [7, 11) is 1.63. The number of hydrogen-bond donors (Lipinski definition) is 1. The Bertz CT molecular complexity index is 478. The Morgan fingerprint density at radius 1 is 1.44 bits per heavy atom. The van der Waals surface area contributed by atoms with Gasteiger partial charge in [0.25, 0.3) is 0 Å². The maximum atomic E-state index is 5.72. The van der Waals surface area contributed by atoms with Gasteiger partial charge in [0, 0.05) is 12.1 Å². The fourth-order valence-corrected chi connectivity index (χ4v) is 1.36. The summed E-state index contributed by atoms with van der Waals surface area (Å²) in [4.78, 5) is 0. The van der Waals surface area contributed by atoms with Gasteiger partial charge in [0.05, 0.1) is 24.7 Å². The van der Waals surface area contributed by atoms with Gasteiger partial charge in [-0.3, -0.25) is 0 Å². The minimum Gasteiger partial charge on any atom is -0.497 e. The molecule has 0 bridgehead atoms. The number of nitrogens with zero attached hydrogens (tertiary/aromatic N) is 3. The van der Waals surface area contributed by atoms with Crippen molar-refractivity contribution in [3.05, 3.63) is 36.2 Å². The van der Waals surface area contributed by atoms with E-state index in [2.05, 4.69) is 10.3 Å². The summed E-state index contributed by atoms with van der Waals surface area (Å²) in [6.45, 7) is 1.87. The standard InChI is InChI=1S/C11H14N4O/c1-8(12)11-7-15(14-13-11)9-4-3-5-10(6-9)16-2/h3-8H,12H2,1-2H3. The minimum absolute atomic E-state index is 0.112.